The number of carbonyl (C=O) groups excluding carboxylic acids is 1. The number of benzene rings is 1. The van der Waals surface area contributed by atoms with E-state index in [2.05, 4.69) is 11.9 Å². The van der Waals surface area contributed by atoms with Gasteiger partial charge in [-0.1, -0.05) is 0 Å². The quantitative estimate of drug-likeness (QED) is 0.482. The molecule has 0 bridgehead atoms. The maximum Gasteiger partial charge on any atom is 0.349 e. The maximum absolute atomic E-state index is 11.8. The van der Waals surface area contributed by atoms with Crippen LogP contribution < -0.4 is 4.74 Å². The van der Waals surface area contributed by atoms with Crippen LogP contribution in [-0.2, 0) is 4.74 Å². The topological polar surface area (TPSA) is 102 Å². The van der Waals surface area contributed by atoms with Crippen molar-refractivity contribution in [2.75, 3.05) is 33.4 Å². The molecule has 0 unspecified atom stereocenters. The first-order chi connectivity index (χ1) is 11.4. The van der Waals surface area contributed by atoms with Crippen molar-refractivity contribution >= 4 is 11.7 Å². The summed E-state index contributed by atoms with van der Waals surface area (Å²) in [5, 5.41) is 21.2. The predicted molar refractivity (Wildman–Crippen MR) is 86.4 cm³/mol. The number of piperidine rings is 1. The maximum atomic E-state index is 11.8. The molecule has 24 heavy (non-hydrogen) atoms. The highest BCUT2D eigenvalue weighted by Crippen LogP contribution is 2.34. The standard InChI is InChI=1S/C16H22N2O6/c1-3-23-16(20)15-13(18(21)22)8-12(9-14(15)19)24-10-11-4-6-17(2)7-5-11/h8-9,11,19H,3-7,10H2,1-2H3. The second kappa shape index (κ2) is 7.96. The number of nitro groups is 1. The Morgan fingerprint density at radius 3 is 2.67 bits per heavy atom. The van der Waals surface area contributed by atoms with Crippen molar-refractivity contribution in [1.82, 2.24) is 4.90 Å². The van der Waals surface area contributed by atoms with Crippen molar-refractivity contribution in [3.05, 3.63) is 27.8 Å². The number of ether oxygens (including phenoxy) is 2. The SMILES string of the molecule is CCOC(=O)c1c(O)cc(OCC2CCN(C)CC2)cc1[N+](=O)[O-]. The van der Waals surface area contributed by atoms with Gasteiger partial charge in [0, 0.05) is 6.07 Å². The summed E-state index contributed by atoms with van der Waals surface area (Å²) in [5.74, 6) is -0.900. The average molecular weight is 338 g/mol. The fourth-order valence-electron chi connectivity index (χ4n) is 2.67. The fourth-order valence-corrected chi connectivity index (χ4v) is 2.67. The molecule has 0 spiro atoms. The third-order valence-corrected chi connectivity index (χ3v) is 4.07. The van der Waals surface area contributed by atoms with E-state index in [4.69, 9.17) is 9.47 Å². The molecule has 1 aromatic carbocycles. The fraction of sp³-hybridized carbons (Fsp3) is 0.562. The number of phenols is 1. The lowest BCUT2D eigenvalue weighted by Gasteiger charge is -2.28. The van der Waals surface area contributed by atoms with Gasteiger partial charge in [0.2, 0.25) is 0 Å². The van der Waals surface area contributed by atoms with Crippen LogP contribution in [0.4, 0.5) is 5.69 Å². The molecule has 8 nitrogen and oxygen atoms in total. The van der Waals surface area contributed by atoms with Crippen LogP contribution in [0, 0.1) is 16.0 Å². The van der Waals surface area contributed by atoms with Gasteiger partial charge in [-0.15, -0.1) is 0 Å². The molecule has 0 aromatic heterocycles. The first kappa shape index (κ1) is 18.0. The minimum Gasteiger partial charge on any atom is -0.507 e. The lowest BCUT2D eigenvalue weighted by molar-refractivity contribution is -0.385. The Balaban J connectivity index is 2.14. The van der Waals surface area contributed by atoms with E-state index in [0.717, 1.165) is 32.0 Å². The van der Waals surface area contributed by atoms with E-state index in [1.165, 1.54) is 6.07 Å². The van der Waals surface area contributed by atoms with Crippen LogP contribution in [0.1, 0.15) is 30.1 Å². The highest BCUT2D eigenvalue weighted by atomic mass is 16.6. The van der Waals surface area contributed by atoms with Gasteiger partial charge in [0.1, 0.15) is 11.5 Å². The second-order valence-electron chi connectivity index (χ2n) is 5.87. The van der Waals surface area contributed by atoms with Crippen LogP contribution in [0.25, 0.3) is 0 Å². The van der Waals surface area contributed by atoms with Crippen LogP contribution >= 0.6 is 0 Å². The van der Waals surface area contributed by atoms with Gasteiger partial charge in [-0.25, -0.2) is 4.79 Å². The summed E-state index contributed by atoms with van der Waals surface area (Å²) in [6.45, 7) is 4.04. The molecule has 132 valence electrons. The number of rotatable bonds is 6. The number of nitro benzene ring substituents is 1. The smallest absolute Gasteiger partial charge is 0.349 e. The van der Waals surface area contributed by atoms with E-state index in [0.29, 0.717) is 12.5 Å². The van der Waals surface area contributed by atoms with Crippen LogP contribution in [0.5, 0.6) is 11.5 Å². The Hall–Kier alpha value is -2.35. The zero-order valence-corrected chi connectivity index (χ0v) is 13.9. The molecule has 0 atom stereocenters. The minimum atomic E-state index is -0.927. The molecule has 1 N–H and O–H groups in total. The molecule has 0 saturated carbocycles. The van der Waals surface area contributed by atoms with Crippen LogP contribution in [0.15, 0.2) is 12.1 Å². The summed E-state index contributed by atoms with van der Waals surface area (Å²) in [5.41, 5.74) is -0.972. The van der Waals surface area contributed by atoms with Crippen LogP contribution in [0.2, 0.25) is 0 Å². The van der Waals surface area contributed by atoms with E-state index in [1.807, 2.05) is 0 Å². The van der Waals surface area contributed by atoms with Crippen molar-refractivity contribution in [1.29, 1.82) is 0 Å². The molecule has 1 saturated heterocycles. The Bertz CT molecular complexity index is 611. The Morgan fingerprint density at radius 1 is 1.42 bits per heavy atom. The van der Waals surface area contributed by atoms with Gasteiger partial charge >= 0.3 is 5.97 Å². The summed E-state index contributed by atoms with van der Waals surface area (Å²) < 4.78 is 10.4. The number of hydrogen-bond acceptors (Lipinski definition) is 7. The summed E-state index contributed by atoms with van der Waals surface area (Å²) in [6.07, 6.45) is 1.98. The summed E-state index contributed by atoms with van der Waals surface area (Å²) in [7, 11) is 2.06. The van der Waals surface area contributed by atoms with Gasteiger partial charge in [-0.3, -0.25) is 10.1 Å². The monoisotopic (exact) mass is 338 g/mol. The van der Waals surface area contributed by atoms with Crippen LogP contribution in [0.3, 0.4) is 0 Å². The minimum absolute atomic E-state index is 0.0593. The molecule has 1 heterocycles. The third-order valence-electron chi connectivity index (χ3n) is 4.07. The number of aromatic hydroxyl groups is 1. The highest BCUT2D eigenvalue weighted by Gasteiger charge is 2.27. The average Bonchev–Trinajstić information content (AvgIpc) is 2.53. The van der Waals surface area contributed by atoms with Gasteiger partial charge in [0.15, 0.2) is 5.56 Å². The number of likely N-dealkylation sites (tertiary alicyclic amines) is 1. The van der Waals surface area contributed by atoms with E-state index >= 15 is 0 Å². The Kier molecular flexibility index (Phi) is 5.97. The first-order valence-corrected chi connectivity index (χ1v) is 7.92. The van der Waals surface area contributed by atoms with Gasteiger partial charge in [-0.05, 0) is 45.8 Å². The lowest BCUT2D eigenvalue weighted by atomic mass is 9.98. The molecule has 0 aliphatic carbocycles. The van der Waals surface area contributed by atoms with E-state index in [1.54, 1.807) is 6.92 Å². The van der Waals surface area contributed by atoms with E-state index in [9.17, 15) is 20.0 Å². The number of esters is 1. The summed E-state index contributed by atoms with van der Waals surface area (Å²) in [6, 6.07) is 2.37. The molecule has 0 radical (unpaired) electrons. The van der Waals surface area contributed by atoms with Gasteiger partial charge < -0.3 is 19.5 Å². The van der Waals surface area contributed by atoms with Gasteiger partial charge in [0.25, 0.3) is 5.69 Å². The molecule has 0 amide bonds. The van der Waals surface area contributed by atoms with Crippen LogP contribution in [-0.4, -0.2) is 54.3 Å². The molecule has 1 aliphatic heterocycles. The molecule has 1 aromatic rings. The largest absolute Gasteiger partial charge is 0.507 e. The zero-order chi connectivity index (χ0) is 17.7. The Morgan fingerprint density at radius 2 is 2.08 bits per heavy atom. The Labute approximate surface area is 140 Å². The molecule has 2 rings (SSSR count). The van der Waals surface area contributed by atoms with E-state index in [-0.39, 0.29) is 12.4 Å². The summed E-state index contributed by atoms with van der Waals surface area (Å²) >= 11 is 0. The van der Waals surface area contributed by atoms with Crippen molar-refractivity contribution < 1.29 is 24.3 Å². The molecule has 1 fully saturated rings. The van der Waals surface area contributed by atoms with Crippen molar-refractivity contribution in [3.63, 3.8) is 0 Å². The van der Waals surface area contributed by atoms with Crippen molar-refractivity contribution in [2.45, 2.75) is 19.8 Å². The number of nitrogens with zero attached hydrogens (tertiary/aromatic N) is 2. The van der Waals surface area contributed by atoms with Crippen molar-refractivity contribution in [2.24, 2.45) is 5.92 Å². The third kappa shape index (κ3) is 4.35. The zero-order valence-electron chi connectivity index (χ0n) is 13.9. The van der Waals surface area contributed by atoms with Gasteiger partial charge in [0.05, 0.1) is 24.2 Å². The first-order valence-electron chi connectivity index (χ1n) is 7.92. The molecule has 1 aliphatic rings. The predicted octanol–water partition coefficient (Wildman–Crippen LogP) is 2.20. The number of hydrogen-bond donors (Lipinski definition) is 1. The second-order valence-corrected chi connectivity index (χ2v) is 5.87. The number of carbonyl (C=O) groups is 1. The van der Waals surface area contributed by atoms with Crippen molar-refractivity contribution in [3.8, 4) is 11.5 Å². The molecule has 8 heteroatoms. The normalized spacial score (nSPS) is 15.9. The van der Waals surface area contributed by atoms with Gasteiger partial charge in [-0.2, -0.15) is 0 Å². The molecular formula is C16H22N2O6. The number of phenolic OH excluding ortho intramolecular Hbond substituents is 1. The van der Waals surface area contributed by atoms with E-state index < -0.39 is 27.9 Å². The molecular weight excluding hydrogens is 316 g/mol. The summed E-state index contributed by atoms with van der Waals surface area (Å²) in [4.78, 5) is 24.5. The lowest BCUT2D eigenvalue weighted by Crippen LogP contribution is -2.32. The highest BCUT2D eigenvalue weighted by molar-refractivity contribution is 5.97.